The number of nitrogens with zero attached hydrogens (tertiary/aromatic N) is 3. The van der Waals surface area contributed by atoms with Gasteiger partial charge >= 0.3 is 0 Å². The molecule has 0 bridgehead atoms. The van der Waals surface area contributed by atoms with Crippen LogP contribution in [0.15, 0.2) is 37.1 Å². The maximum Gasteiger partial charge on any atom is 0.0950 e. The summed E-state index contributed by atoms with van der Waals surface area (Å²) in [7, 11) is 0. The molecule has 2 heterocycles. The molecule has 2 N–H and O–H groups in total. The van der Waals surface area contributed by atoms with Crippen LogP contribution in [0.5, 0.6) is 0 Å². The largest absolute Gasteiger partial charge is 0.337 e. The molecule has 0 aromatic carbocycles. The molecule has 4 nitrogen and oxygen atoms in total. The van der Waals surface area contributed by atoms with E-state index in [1.165, 1.54) is 5.56 Å². The summed E-state index contributed by atoms with van der Waals surface area (Å²) in [5, 5.41) is 0. The molecule has 0 atom stereocenters. The molecule has 0 saturated heterocycles. The molecule has 0 amide bonds. The predicted octanol–water partition coefficient (Wildman–Crippen LogP) is 0.979. The first-order valence-corrected chi connectivity index (χ1v) is 4.98. The van der Waals surface area contributed by atoms with Gasteiger partial charge in [-0.25, -0.2) is 4.98 Å². The summed E-state index contributed by atoms with van der Waals surface area (Å²) in [5.41, 5.74) is 7.65. The molecule has 2 aromatic rings. The molecule has 0 spiro atoms. The third kappa shape index (κ3) is 2.63. The van der Waals surface area contributed by atoms with Crippen molar-refractivity contribution in [2.24, 2.45) is 5.73 Å². The van der Waals surface area contributed by atoms with Crippen molar-refractivity contribution in [1.82, 2.24) is 14.5 Å². The van der Waals surface area contributed by atoms with Crippen molar-refractivity contribution in [1.29, 1.82) is 0 Å². The first kappa shape index (κ1) is 9.86. The number of imidazole rings is 1. The summed E-state index contributed by atoms with van der Waals surface area (Å²) in [6.45, 7) is 1.42. The Kier molecular flexibility index (Phi) is 3.09. The van der Waals surface area contributed by atoms with Crippen molar-refractivity contribution in [3.05, 3.63) is 48.3 Å². The molecule has 78 valence electrons. The predicted molar refractivity (Wildman–Crippen MR) is 58.1 cm³/mol. The van der Waals surface area contributed by atoms with Gasteiger partial charge in [0, 0.05) is 31.7 Å². The van der Waals surface area contributed by atoms with E-state index in [-0.39, 0.29) is 0 Å². The SMILES string of the molecule is NCc1cn(CCc2cccnc2)cn1. The zero-order valence-corrected chi connectivity index (χ0v) is 8.50. The normalized spacial score (nSPS) is 10.5. The van der Waals surface area contributed by atoms with Crippen molar-refractivity contribution >= 4 is 0 Å². The van der Waals surface area contributed by atoms with Gasteiger partial charge in [-0.2, -0.15) is 0 Å². The molecule has 0 radical (unpaired) electrons. The van der Waals surface area contributed by atoms with E-state index >= 15 is 0 Å². The van der Waals surface area contributed by atoms with Crippen molar-refractivity contribution in [2.75, 3.05) is 0 Å². The van der Waals surface area contributed by atoms with E-state index in [2.05, 4.69) is 20.6 Å². The van der Waals surface area contributed by atoms with Crippen LogP contribution >= 0.6 is 0 Å². The minimum Gasteiger partial charge on any atom is -0.337 e. The van der Waals surface area contributed by atoms with E-state index in [4.69, 9.17) is 5.73 Å². The molecular formula is C11H14N4. The van der Waals surface area contributed by atoms with Crippen LogP contribution in [0.4, 0.5) is 0 Å². The highest BCUT2D eigenvalue weighted by Crippen LogP contribution is 2.01. The van der Waals surface area contributed by atoms with Crippen LogP contribution in [-0.4, -0.2) is 14.5 Å². The smallest absolute Gasteiger partial charge is 0.0950 e. The van der Waals surface area contributed by atoms with Gasteiger partial charge in [-0.15, -0.1) is 0 Å². The molecule has 0 aliphatic rings. The van der Waals surface area contributed by atoms with Crippen LogP contribution in [0.1, 0.15) is 11.3 Å². The average molecular weight is 202 g/mol. The lowest BCUT2D eigenvalue weighted by molar-refractivity contribution is 0.693. The Labute approximate surface area is 88.8 Å². The maximum atomic E-state index is 5.48. The zero-order valence-electron chi connectivity index (χ0n) is 8.50. The lowest BCUT2D eigenvalue weighted by Crippen LogP contribution is -1.99. The molecule has 2 aromatic heterocycles. The van der Waals surface area contributed by atoms with Gasteiger partial charge in [0.2, 0.25) is 0 Å². The Hall–Kier alpha value is -1.68. The molecule has 0 aliphatic heterocycles. The molecule has 0 saturated carbocycles. The number of rotatable bonds is 4. The maximum absolute atomic E-state index is 5.48. The van der Waals surface area contributed by atoms with Crippen molar-refractivity contribution in [2.45, 2.75) is 19.5 Å². The van der Waals surface area contributed by atoms with Crippen LogP contribution < -0.4 is 5.73 Å². The molecule has 0 fully saturated rings. The number of hydrogen-bond donors (Lipinski definition) is 1. The lowest BCUT2D eigenvalue weighted by Gasteiger charge is -2.01. The fraction of sp³-hybridized carbons (Fsp3) is 0.273. The molecule has 0 unspecified atom stereocenters. The Morgan fingerprint density at radius 1 is 1.40 bits per heavy atom. The van der Waals surface area contributed by atoms with Gasteiger partial charge in [0.25, 0.3) is 0 Å². The summed E-state index contributed by atoms with van der Waals surface area (Å²) in [5.74, 6) is 0. The third-order valence-electron chi connectivity index (χ3n) is 2.28. The average Bonchev–Trinajstić information content (AvgIpc) is 2.76. The number of nitrogens with two attached hydrogens (primary N) is 1. The van der Waals surface area contributed by atoms with E-state index in [0.717, 1.165) is 18.7 Å². The Balaban J connectivity index is 1.93. The topological polar surface area (TPSA) is 56.7 Å². The van der Waals surface area contributed by atoms with Crippen molar-refractivity contribution in [3.8, 4) is 0 Å². The fourth-order valence-corrected chi connectivity index (χ4v) is 1.44. The van der Waals surface area contributed by atoms with Gasteiger partial charge in [0.05, 0.1) is 12.0 Å². The van der Waals surface area contributed by atoms with Crippen molar-refractivity contribution < 1.29 is 0 Å². The molecule has 15 heavy (non-hydrogen) atoms. The minimum atomic E-state index is 0.500. The first-order valence-electron chi connectivity index (χ1n) is 4.98. The van der Waals surface area contributed by atoms with E-state index in [9.17, 15) is 0 Å². The second kappa shape index (κ2) is 4.70. The summed E-state index contributed by atoms with van der Waals surface area (Å²) >= 11 is 0. The minimum absolute atomic E-state index is 0.500. The monoisotopic (exact) mass is 202 g/mol. The van der Waals surface area contributed by atoms with Gasteiger partial charge in [0.1, 0.15) is 0 Å². The summed E-state index contributed by atoms with van der Waals surface area (Å²) < 4.78 is 2.05. The summed E-state index contributed by atoms with van der Waals surface area (Å²) in [4.78, 5) is 8.24. The van der Waals surface area contributed by atoms with Gasteiger partial charge in [-0.3, -0.25) is 4.98 Å². The second-order valence-electron chi connectivity index (χ2n) is 3.42. The fourth-order valence-electron chi connectivity index (χ4n) is 1.44. The highest BCUT2D eigenvalue weighted by molar-refractivity contribution is 5.08. The zero-order chi connectivity index (χ0) is 10.5. The number of pyridine rings is 1. The van der Waals surface area contributed by atoms with Crippen LogP contribution in [0.2, 0.25) is 0 Å². The second-order valence-corrected chi connectivity index (χ2v) is 3.42. The number of aryl methyl sites for hydroxylation is 2. The Bertz CT molecular complexity index is 408. The van der Waals surface area contributed by atoms with Gasteiger partial charge < -0.3 is 10.3 Å². The van der Waals surface area contributed by atoms with Crippen LogP contribution in [0.25, 0.3) is 0 Å². The Morgan fingerprint density at radius 2 is 2.33 bits per heavy atom. The third-order valence-corrected chi connectivity index (χ3v) is 2.28. The standard InChI is InChI=1S/C11H14N4/c12-6-11-8-15(9-14-11)5-3-10-2-1-4-13-7-10/h1-2,4,7-9H,3,5-6,12H2. The highest BCUT2D eigenvalue weighted by Gasteiger charge is 1.97. The molecule has 4 heteroatoms. The van der Waals surface area contributed by atoms with E-state index in [0.29, 0.717) is 6.54 Å². The molecule has 2 rings (SSSR count). The van der Waals surface area contributed by atoms with Gasteiger partial charge in [-0.1, -0.05) is 6.07 Å². The Morgan fingerprint density at radius 3 is 3.00 bits per heavy atom. The number of aromatic nitrogens is 3. The summed E-state index contributed by atoms with van der Waals surface area (Å²) in [6, 6.07) is 4.03. The summed E-state index contributed by atoms with van der Waals surface area (Å²) in [6.07, 6.45) is 8.44. The first-order chi connectivity index (χ1) is 7.38. The van der Waals surface area contributed by atoms with Crippen molar-refractivity contribution in [3.63, 3.8) is 0 Å². The van der Waals surface area contributed by atoms with E-state index in [1.54, 1.807) is 6.20 Å². The highest BCUT2D eigenvalue weighted by atomic mass is 15.0. The van der Waals surface area contributed by atoms with Gasteiger partial charge in [-0.05, 0) is 18.1 Å². The molecule has 0 aliphatic carbocycles. The number of hydrogen-bond acceptors (Lipinski definition) is 3. The van der Waals surface area contributed by atoms with Crippen LogP contribution in [0.3, 0.4) is 0 Å². The lowest BCUT2D eigenvalue weighted by atomic mass is 10.2. The van der Waals surface area contributed by atoms with E-state index < -0.39 is 0 Å². The van der Waals surface area contributed by atoms with Gasteiger partial charge in [0.15, 0.2) is 0 Å². The van der Waals surface area contributed by atoms with Crippen LogP contribution in [0, 0.1) is 0 Å². The van der Waals surface area contributed by atoms with Crippen LogP contribution in [-0.2, 0) is 19.5 Å². The van der Waals surface area contributed by atoms with E-state index in [1.807, 2.05) is 24.8 Å². The molecular weight excluding hydrogens is 188 g/mol. The quantitative estimate of drug-likeness (QED) is 0.804.